The number of carbonyl (C=O) groups excluding carboxylic acids is 1. The van der Waals surface area contributed by atoms with Crippen LogP contribution in [0.15, 0.2) is 12.4 Å². The van der Waals surface area contributed by atoms with Gasteiger partial charge in [0.2, 0.25) is 0 Å². The summed E-state index contributed by atoms with van der Waals surface area (Å²) in [5.41, 5.74) is 0.334. The minimum atomic E-state index is -4.52. The van der Waals surface area contributed by atoms with Crippen molar-refractivity contribution < 1.29 is 18.0 Å². The molecule has 0 spiro atoms. The second-order valence-corrected chi connectivity index (χ2v) is 7.87. The van der Waals surface area contributed by atoms with Gasteiger partial charge in [0.25, 0.3) is 5.91 Å². The number of aromatic nitrogens is 5. The van der Waals surface area contributed by atoms with E-state index in [1.165, 1.54) is 17.1 Å². The zero-order chi connectivity index (χ0) is 20.3. The fourth-order valence-electron chi connectivity index (χ4n) is 3.42. The Morgan fingerprint density at radius 1 is 1.25 bits per heavy atom. The molecule has 1 amide bonds. The van der Waals surface area contributed by atoms with Crippen molar-refractivity contribution in [3.05, 3.63) is 34.9 Å². The van der Waals surface area contributed by atoms with E-state index in [-0.39, 0.29) is 28.4 Å². The molecule has 3 heterocycles. The number of nitrogens with zero attached hydrogens (tertiary/aromatic N) is 4. The van der Waals surface area contributed by atoms with E-state index in [4.69, 9.17) is 0 Å². The van der Waals surface area contributed by atoms with Crippen molar-refractivity contribution in [2.45, 2.75) is 51.7 Å². The lowest BCUT2D eigenvalue weighted by molar-refractivity contribution is -0.141. The number of nitrogens with one attached hydrogen (secondary N) is 2. The Hall–Kier alpha value is -2.91. The van der Waals surface area contributed by atoms with Gasteiger partial charge in [-0.1, -0.05) is 0 Å². The Bertz CT molecular complexity index is 1070. The third-order valence-corrected chi connectivity index (χ3v) is 4.52. The SMILES string of the molecule is CC(C)(C)NC(=O)c1c[nH]c2ncc(-n3nc(C(F)(F)F)c4c3CCC4)nc12. The number of aromatic amines is 1. The average molecular weight is 392 g/mol. The molecule has 3 aromatic rings. The van der Waals surface area contributed by atoms with Crippen LogP contribution in [0.2, 0.25) is 0 Å². The second kappa shape index (κ2) is 6.05. The average Bonchev–Trinajstić information content (AvgIpc) is 3.25. The molecule has 4 rings (SSSR count). The lowest BCUT2D eigenvalue weighted by Crippen LogP contribution is -2.40. The van der Waals surface area contributed by atoms with E-state index in [2.05, 4.69) is 25.4 Å². The number of rotatable bonds is 2. The van der Waals surface area contributed by atoms with E-state index in [1.54, 1.807) is 0 Å². The van der Waals surface area contributed by atoms with Gasteiger partial charge in [0.05, 0.1) is 11.8 Å². The fraction of sp³-hybridized carbons (Fsp3) is 0.444. The van der Waals surface area contributed by atoms with Crippen LogP contribution in [0.25, 0.3) is 17.0 Å². The molecule has 1 aliphatic carbocycles. The minimum Gasteiger partial charge on any atom is -0.347 e. The summed E-state index contributed by atoms with van der Waals surface area (Å²) in [5, 5.41) is 6.62. The molecule has 0 saturated carbocycles. The summed E-state index contributed by atoms with van der Waals surface area (Å²) >= 11 is 0. The zero-order valence-corrected chi connectivity index (χ0v) is 15.6. The van der Waals surface area contributed by atoms with Crippen molar-refractivity contribution in [3.63, 3.8) is 0 Å². The van der Waals surface area contributed by atoms with Gasteiger partial charge in [-0.15, -0.1) is 0 Å². The zero-order valence-electron chi connectivity index (χ0n) is 15.6. The Balaban J connectivity index is 1.81. The highest BCUT2D eigenvalue weighted by Crippen LogP contribution is 2.37. The van der Waals surface area contributed by atoms with Crippen molar-refractivity contribution >= 4 is 17.1 Å². The van der Waals surface area contributed by atoms with Gasteiger partial charge in [-0.2, -0.15) is 18.3 Å². The molecule has 3 aromatic heterocycles. The standard InChI is InChI=1S/C18H19F3N6O/c1-17(2,3)25-16(28)10-7-22-15-13(10)24-12(8-23-15)27-11-6-4-5-9(11)14(26-27)18(19,20)21/h7-8H,4-6H2,1-3H3,(H,22,23)(H,25,28). The first-order valence-corrected chi connectivity index (χ1v) is 8.89. The number of halogens is 3. The van der Waals surface area contributed by atoms with Crippen molar-refractivity contribution in [1.82, 2.24) is 30.0 Å². The molecule has 0 saturated heterocycles. The van der Waals surface area contributed by atoms with Crippen LogP contribution in [0.5, 0.6) is 0 Å². The van der Waals surface area contributed by atoms with E-state index in [1.807, 2.05) is 20.8 Å². The first-order valence-electron chi connectivity index (χ1n) is 8.89. The summed E-state index contributed by atoms with van der Waals surface area (Å²) in [6.07, 6.45) is -0.218. The van der Waals surface area contributed by atoms with Gasteiger partial charge in [0, 0.05) is 23.0 Å². The van der Waals surface area contributed by atoms with Crippen LogP contribution in [-0.2, 0) is 19.0 Å². The number of hydrogen-bond acceptors (Lipinski definition) is 4. The molecule has 148 valence electrons. The molecule has 7 nitrogen and oxygen atoms in total. The van der Waals surface area contributed by atoms with Crippen LogP contribution in [0.4, 0.5) is 13.2 Å². The number of amides is 1. The lowest BCUT2D eigenvalue weighted by atomic mass is 10.1. The molecular weight excluding hydrogens is 373 g/mol. The Kier molecular flexibility index (Phi) is 3.98. The van der Waals surface area contributed by atoms with Crippen LogP contribution in [-0.4, -0.2) is 36.2 Å². The van der Waals surface area contributed by atoms with Gasteiger partial charge in [-0.05, 0) is 40.0 Å². The van der Waals surface area contributed by atoms with Crippen LogP contribution in [0.1, 0.15) is 54.5 Å². The van der Waals surface area contributed by atoms with E-state index in [0.29, 0.717) is 30.6 Å². The third kappa shape index (κ3) is 3.12. The smallest absolute Gasteiger partial charge is 0.347 e. The van der Waals surface area contributed by atoms with E-state index >= 15 is 0 Å². The maximum absolute atomic E-state index is 13.3. The molecule has 28 heavy (non-hydrogen) atoms. The molecule has 0 radical (unpaired) electrons. The summed E-state index contributed by atoms with van der Waals surface area (Å²) in [7, 11) is 0. The van der Waals surface area contributed by atoms with Crippen molar-refractivity contribution in [2.75, 3.05) is 0 Å². The molecule has 0 atom stereocenters. The summed E-state index contributed by atoms with van der Waals surface area (Å²) < 4.78 is 41.2. The molecule has 1 aliphatic rings. The number of hydrogen-bond donors (Lipinski definition) is 2. The Labute approximate surface area is 158 Å². The van der Waals surface area contributed by atoms with Crippen LogP contribution in [0.3, 0.4) is 0 Å². The largest absolute Gasteiger partial charge is 0.435 e. The first-order chi connectivity index (χ1) is 13.0. The van der Waals surface area contributed by atoms with Gasteiger partial charge >= 0.3 is 6.18 Å². The summed E-state index contributed by atoms with van der Waals surface area (Å²) in [4.78, 5) is 24.0. The third-order valence-electron chi connectivity index (χ3n) is 4.52. The van der Waals surface area contributed by atoms with Gasteiger partial charge in [0.1, 0.15) is 5.52 Å². The van der Waals surface area contributed by atoms with Crippen molar-refractivity contribution in [3.8, 4) is 5.82 Å². The normalized spacial score (nSPS) is 14.5. The van der Waals surface area contributed by atoms with E-state index in [9.17, 15) is 18.0 Å². The van der Waals surface area contributed by atoms with Crippen LogP contribution < -0.4 is 5.32 Å². The fourth-order valence-corrected chi connectivity index (χ4v) is 3.42. The highest BCUT2D eigenvalue weighted by atomic mass is 19.4. The van der Waals surface area contributed by atoms with E-state index < -0.39 is 17.4 Å². The van der Waals surface area contributed by atoms with Crippen LogP contribution >= 0.6 is 0 Å². The van der Waals surface area contributed by atoms with Crippen molar-refractivity contribution in [1.29, 1.82) is 0 Å². The maximum atomic E-state index is 13.3. The molecule has 0 aromatic carbocycles. The van der Waals surface area contributed by atoms with Crippen molar-refractivity contribution in [2.24, 2.45) is 0 Å². The number of fused-ring (bicyclic) bond motifs is 2. The highest BCUT2D eigenvalue weighted by molar-refractivity contribution is 6.04. The molecule has 2 N–H and O–H groups in total. The number of H-pyrrole nitrogens is 1. The first kappa shape index (κ1) is 18.5. The summed E-state index contributed by atoms with van der Waals surface area (Å²) in [5.74, 6) is -0.183. The summed E-state index contributed by atoms with van der Waals surface area (Å²) in [6, 6.07) is 0. The predicted molar refractivity (Wildman–Crippen MR) is 95.3 cm³/mol. The Morgan fingerprint density at radius 2 is 2.00 bits per heavy atom. The van der Waals surface area contributed by atoms with Gasteiger partial charge < -0.3 is 10.3 Å². The van der Waals surface area contributed by atoms with Gasteiger partial charge in [-0.3, -0.25) is 4.79 Å². The molecule has 0 fully saturated rings. The highest BCUT2D eigenvalue weighted by Gasteiger charge is 2.40. The maximum Gasteiger partial charge on any atom is 0.435 e. The lowest BCUT2D eigenvalue weighted by Gasteiger charge is -2.20. The topological polar surface area (TPSA) is 88.5 Å². The molecule has 10 heteroatoms. The Morgan fingerprint density at radius 3 is 2.68 bits per heavy atom. The predicted octanol–water partition coefficient (Wildman–Crippen LogP) is 3.18. The number of alkyl halides is 3. The molecule has 0 bridgehead atoms. The molecule has 0 unspecified atom stereocenters. The quantitative estimate of drug-likeness (QED) is 0.701. The molecular formula is C18H19F3N6O. The van der Waals surface area contributed by atoms with Gasteiger partial charge in [-0.25, -0.2) is 14.6 Å². The molecule has 0 aliphatic heterocycles. The van der Waals surface area contributed by atoms with Gasteiger partial charge in [0.15, 0.2) is 17.2 Å². The summed E-state index contributed by atoms with van der Waals surface area (Å²) in [6.45, 7) is 5.55. The monoisotopic (exact) mass is 392 g/mol. The minimum absolute atomic E-state index is 0.158. The van der Waals surface area contributed by atoms with Crippen LogP contribution in [0, 0.1) is 0 Å². The second-order valence-electron chi connectivity index (χ2n) is 7.87. The number of carbonyl (C=O) groups is 1. The van der Waals surface area contributed by atoms with E-state index in [0.717, 1.165) is 0 Å².